The van der Waals surface area contributed by atoms with Gasteiger partial charge in [-0.1, -0.05) is 32.9 Å². The standard InChI is InChI=1S/C15H27N3O2S/c1-15(2,3)13-7-9-14(10-8-13)17-21(19,20)18(5)12-6-11-16-4/h7-10,16-17H,6,11-12H2,1-5H3. The number of nitrogens with zero attached hydrogens (tertiary/aromatic N) is 1. The number of nitrogens with one attached hydrogen (secondary N) is 2. The summed E-state index contributed by atoms with van der Waals surface area (Å²) in [5.41, 5.74) is 1.82. The summed E-state index contributed by atoms with van der Waals surface area (Å²) in [5.74, 6) is 0. The fourth-order valence-corrected chi connectivity index (χ4v) is 2.82. The molecule has 0 aliphatic heterocycles. The van der Waals surface area contributed by atoms with E-state index in [0.717, 1.165) is 13.0 Å². The zero-order valence-electron chi connectivity index (χ0n) is 13.6. The maximum absolute atomic E-state index is 12.2. The molecule has 0 amide bonds. The molecule has 0 bridgehead atoms. The van der Waals surface area contributed by atoms with Gasteiger partial charge >= 0.3 is 10.2 Å². The molecule has 5 nitrogen and oxygen atoms in total. The molecule has 0 radical (unpaired) electrons. The van der Waals surface area contributed by atoms with Crippen LogP contribution in [0.5, 0.6) is 0 Å². The van der Waals surface area contributed by atoms with Gasteiger partial charge in [-0.2, -0.15) is 12.7 Å². The van der Waals surface area contributed by atoms with Crippen LogP contribution in [0.3, 0.4) is 0 Å². The maximum atomic E-state index is 12.2. The minimum absolute atomic E-state index is 0.0569. The Kier molecular flexibility index (Phi) is 6.19. The van der Waals surface area contributed by atoms with Crippen molar-refractivity contribution in [2.24, 2.45) is 0 Å². The topological polar surface area (TPSA) is 61.4 Å². The van der Waals surface area contributed by atoms with Crippen LogP contribution in [0.15, 0.2) is 24.3 Å². The average molecular weight is 313 g/mol. The first-order valence-corrected chi connectivity index (χ1v) is 8.60. The molecule has 0 aliphatic rings. The van der Waals surface area contributed by atoms with Gasteiger partial charge in [0.1, 0.15) is 0 Å². The van der Waals surface area contributed by atoms with Gasteiger partial charge in [0.25, 0.3) is 0 Å². The predicted octanol–water partition coefficient (Wildman–Crippen LogP) is 2.18. The van der Waals surface area contributed by atoms with Crippen molar-refractivity contribution in [2.45, 2.75) is 32.6 Å². The molecule has 0 saturated heterocycles. The van der Waals surface area contributed by atoms with Gasteiger partial charge in [-0.15, -0.1) is 0 Å². The Morgan fingerprint density at radius 3 is 2.19 bits per heavy atom. The molecule has 0 aromatic heterocycles. The molecule has 0 heterocycles. The lowest BCUT2D eigenvalue weighted by Crippen LogP contribution is -2.34. The Hall–Kier alpha value is -1.11. The van der Waals surface area contributed by atoms with E-state index >= 15 is 0 Å². The van der Waals surface area contributed by atoms with Gasteiger partial charge < -0.3 is 5.32 Å². The summed E-state index contributed by atoms with van der Waals surface area (Å²) in [7, 11) is -0.0510. The van der Waals surface area contributed by atoms with Crippen LogP contribution in [0.25, 0.3) is 0 Å². The number of anilines is 1. The van der Waals surface area contributed by atoms with Crippen molar-refractivity contribution in [3.8, 4) is 0 Å². The quantitative estimate of drug-likeness (QED) is 0.759. The van der Waals surface area contributed by atoms with E-state index in [2.05, 4.69) is 30.8 Å². The summed E-state index contributed by atoms with van der Waals surface area (Å²) in [6.07, 6.45) is 0.775. The van der Waals surface area contributed by atoms with E-state index in [4.69, 9.17) is 0 Å². The second-order valence-electron chi connectivity index (χ2n) is 6.21. The third kappa shape index (κ3) is 5.65. The summed E-state index contributed by atoms with van der Waals surface area (Å²) >= 11 is 0. The van der Waals surface area contributed by atoms with Crippen molar-refractivity contribution in [3.63, 3.8) is 0 Å². The zero-order chi connectivity index (χ0) is 16.1. The van der Waals surface area contributed by atoms with E-state index in [1.54, 1.807) is 19.2 Å². The van der Waals surface area contributed by atoms with Crippen LogP contribution in [-0.2, 0) is 15.6 Å². The van der Waals surface area contributed by atoms with E-state index < -0.39 is 10.2 Å². The highest BCUT2D eigenvalue weighted by atomic mass is 32.2. The second-order valence-corrected chi connectivity index (χ2v) is 7.99. The molecule has 6 heteroatoms. The molecule has 1 aromatic rings. The first-order chi connectivity index (χ1) is 9.66. The van der Waals surface area contributed by atoms with Gasteiger partial charge in [-0.05, 0) is 43.1 Å². The largest absolute Gasteiger partial charge is 0.320 e. The van der Waals surface area contributed by atoms with Crippen molar-refractivity contribution in [1.29, 1.82) is 0 Å². The zero-order valence-corrected chi connectivity index (χ0v) is 14.4. The van der Waals surface area contributed by atoms with Crippen molar-refractivity contribution >= 4 is 15.9 Å². The Bertz CT molecular complexity index is 533. The lowest BCUT2D eigenvalue weighted by Gasteiger charge is -2.21. The fourth-order valence-electron chi connectivity index (χ4n) is 1.86. The third-order valence-electron chi connectivity index (χ3n) is 3.31. The third-order valence-corrected chi connectivity index (χ3v) is 4.80. The van der Waals surface area contributed by atoms with E-state index in [1.165, 1.54) is 9.87 Å². The first-order valence-electron chi connectivity index (χ1n) is 7.16. The van der Waals surface area contributed by atoms with Crippen LogP contribution in [-0.4, -0.2) is 39.9 Å². The van der Waals surface area contributed by atoms with Gasteiger partial charge in [0.2, 0.25) is 0 Å². The molecule has 1 rings (SSSR count). The van der Waals surface area contributed by atoms with E-state index in [1.807, 2.05) is 19.2 Å². The molecule has 0 atom stereocenters. The highest BCUT2D eigenvalue weighted by Crippen LogP contribution is 2.23. The highest BCUT2D eigenvalue weighted by molar-refractivity contribution is 7.90. The lowest BCUT2D eigenvalue weighted by molar-refractivity contribution is 0.462. The predicted molar refractivity (Wildman–Crippen MR) is 88.9 cm³/mol. The van der Waals surface area contributed by atoms with Crippen molar-refractivity contribution in [3.05, 3.63) is 29.8 Å². The molecule has 1 aromatic carbocycles. The van der Waals surface area contributed by atoms with Crippen LogP contribution in [0.4, 0.5) is 5.69 Å². The van der Waals surface area contributed by atoms with Crippen molar-refractivity contribution in [2.75, 3.05) is 31.9 Å². The van der Waals surface area contributed by atoms with Crippen molar-refractivity contribution < 1.29 is 8.42 Å². The van der Waals surface area contributed by atoms with Crippen LogP contribution in [0.1, 0.15) is 32.8 Å². The molecule has 0 spiro atoms. The van der Waals surface area contributed by atoms with Gasteiger partial charge in [-0.25, -0.2) is 0 Å². The van der Waals surface area contributed by atoms with Gasteiger partial charge in [-0.3, -0.25) is 4.72 Å². The molecule has 120 valence electrons. The lowest BCUT2D eigenvalue weighted by atomic mass is 9.87. The molecule has 0 saturated carbocycles. The van der Waals surface area contributed by atoms with Crippen LogP contribution >= 0.6 is 0 Å². The van der Waals surface area contributed by atoms with Crippen LogP contribution in [0.2, 0.25) is 0 Å². The fraction of sp³-hybridized carbons (Fsp3) is 0.600. The smallest absolute Gasteiger partial charge is 0.301 e. The Balaban J connectivity index is 2.71. The van der Waals surface area contributed by atoms with Crippen LogP contribution < -0.4 is 10.0 Å². The maximum Gasteiger partial charge on any atom is 0.301 e. The molecular weight excluding hydrogens is 286 g/mol. The minimum Gasteiger partial charge on any atom is -0.320 e. The number of benzene rings is 1. The SMILES string of the molecule is CNCCCN(C)S(=O)(=O)Nc1ccc(C(C)(C)C)cc1. The molecule has 21 heavy (non-hydrogen) atoms. The minimum atomic E-state index is -3.49. The van der Waals surface area contributed by atoms with Crippen LogP contribution in [0, 0.1) is 0 Å². The number of rotatable bonds is 7. The Labute approximate surface area is 128 Å². The Morgan fingerprint density at radius 2 is 1.71 bits per heavy atom. The summed E-state index contributed by atoms with van der Waals surface area (Å²) < 4.78 is 28.3. The van der Waals surface area contributed by atoms with E-state index in [9.17, 15) is 8.42 Å². The van der Waals surface area contributed by atoms with E-state index in [0.29, 0.717) is 12.2 Å². The molecule has 0 fully saturated rings. The molecular formula is C15H27N3O2S. The monoisotopic (exact) mass is 313 g/mol. The first kappa shape index (κ1) is 17.9. The average Bonchev–Trinajstić information content (AvgIpc) is 2.38. The molecule has 2 N–H and O–H groups in total. The second kappa shape index (κ2) is 7.24. The van der Waals surface area contributed by atoms with Gasteiger partial charge in [0.05, 0.1) is 0 Å². The number of hydrogen-bond acceptors (Lipinski definition) is 3. The summed E-state index contributed by atoms with van der Waals surface area (Å²) in [5, 5.41) is 3.00. The normalized spacial score (nSPS) is 12.7. The summed E-state index contributed by atoms with van der Waals surface area (Å²) in [4.78, 5) is 0. The Morgan fingerprint density at radius 1 is 1.14 bits per heavy atom. The van der Waals surface area contributed by atoms with E-state index in [-0.39, 0.29) is 5.41 Å². The van der Waals surface area contributed by atoms with Gasteiger partial charge in [0, 0.05) is 19.3 Å². The van der Waals surface area contributed by atoms with Crippen molar-refractivity contribution in [1.82, 2.24) is 9.62 Å². The molecule has 0 aliphatic carbocycles. The van der Waals surface area contributed by atoms with Gasteiger partial charge in [0.15, 0.2) is 0 Å². The summed E-state index contributed by atoms with van der Waals surface area (Å²) in [6.45, 7) is 7.65. The summed E-state index contributed by atoms with van der Waals surface area (Å²) in [6, 6.07) is 7.52. The number of hydrogen-bond donors (Lipinski definition) is 2. The highest BCUT2D eigenvalue weighted by Gasteiger charge is 2.18. The molecule has 0 unspecified atom stereocenters.